The Morgan fingerprint density at radius 2 is 1.67 bits per heavy atom. The summed E-state index contributed by atoms with van der Waals surface area (Å²) in [5, 5.41) is 2.91. The van der Waals surface area contributed by atoms with Crippen LogP contribution in [-0.2, 0) is 33.9 Å². The van der Waals surface area contributed by atoms with Crippen LogP contribution in [0.15, 0.2) is 0 Å². The molecule has 0 aromatic carbocycles. The number of nitrogens with one attached hydrogen (secondary N) is 1. The number of esters is 1. The molecule has 0 bridgehead atoms. The van der Waals surface area contributed by atoms with E-state index >= 15 is 0 Å². The number of carbonyl (C=O) groups excluding carboxylic acids is 4. The second-order valence-electron chi connectivity index (χ2n) is 12.0. The first kappa shape index (κ1) is 31.1. The van der Waals surface area contributed by atoms with Crippen molar-refractivity contribution in [1.29, 1.82) is 0 Å². The highest BCUT2D eigenvalue weighted by molar-refractivity contribution is 7.88. The van der Waals surface area contributed by atoms with E-state index in [9.17, 15) is 27.6 Å². The van der Waals surface area contributed by atoms with Gasteiger partial charge in [-0.15, -0.1) is 0 Å². The van der Waals surface area contributed by atoms with Crippen LogP contribution >= 0.6 is 0 Å². The van der Waals surface area contributed by atoms with Gasteiger partial charge in [0.15, 0.2) is 0 Å². The minimum atomic E-state index is -3.61. The first-order valence-corrected chi connectivity index (χ1v) is 15.5. The molecule has 3 aliphatic rings. The van der Waals surface area contributed by atoms with Crippen LogP contribution in [0.2, 0.25) is 0 Å². The van der Waals surface area contributed by atoms with Gasteiger partial charge in [-0.3, -0.25) is 19.3 Å². The lowest BCUT2D eigenvalue weighted by Crippen LogP contribution is -2.58. The van der Waals surface area contributed by atoms with Gasteiger partial charge in [-0.1, -0.05) is 19.3 Å². The van der Waals surface area contributed by atoms with Crippen molar-refractivity contribution in [2.75, 3.05) is 33.5 Å². The SMILES string of the molecule is COC(=O)[C@H]1CN(S(C)(=O)=O)[C@@H]2CCN(C(=O)[C@@H](NC(=O)[C@H](C)N(C)C(=O)OC(C)(C)C)C3CCCCC3)[C@H]12. The van der Waals surface area contributed by atoms with E-state index in [0.717, 1.165) is 38.4 Å². The molecule has 1 aliphatic carbocycles. The van der Waals surface area contributed by atoms with Gasteiger partial charge in [0.2, 0.25) is 21.8 Å². The molecular weight excluding hydrogens is 528 g/mol. The van der Waals surface area contributed by atoms with E-state index in [1.807, 2.05) is 0 Å². The Kier molecular flexibility index (Phi) is 9.57. The molecule has 3 amide bonds. The minimum absolute atomic E-state index is 0.0528. The molecule has 2 saturated heterocycles. The number of nitrogens with zero attached hydrogens (tertiary/aromatic N) is 3. The molecule has 13 heteroatoms. The lowest BCUT2D eigenvalue weighted by atomic mass is 9.83. The van der Waals surface area contributed by atoms with Crippen molar-refractivity contribution in [3.8, 4) is 0 Å². The topological polar surface area (TPSA) is 143 Å². The number of hydrogen-bond donors (Lipinski definition) is 1. The molecule has 2 aliphatic heterocycles. The summed E-state index contributed by atoms with van der Waals surface area (Å²) in [6.45, 7) is 6.99. The molecule has 3 rings (SSSR count). The standard InChI is InChI=1S/C26H44N4O8S/c1-16(28(5)25(34)38-26(2,3)4)22(31)27-20(17-11-9-8-10-12-17)23(32)29-14-13-19-21(29)18(24(33)37-6)15-30(19)39(7,35)36/h16-21H,8-15H2,1-7H3,(H,27,31)/t16-,18-,19+,20-,21+/m0/s1. The van der Waals surface area contributed by atoms with E-state index in [2.05, 4.69) is 5.32 Å². The van der Waals surface area contributed by atoms with Gasteiger partial charge < -0.3 is 19.7 Å². The van der Waals surface area contributed by atoms with Crippen LogP contribution in [0.5, 0.6) is 0 Å². The van der Waals surface area contributed by atoms with Crippen molar-refractivity contribution < 1.29 is 37.1 Å². The maximum absolute atomic E-state index is 14.1. The minimum Gasteiger partial charge on any atom is -0.469 e. The molecular formula is C26H44N4O8S. The van der Waals surface area contributed by atoms with Gasteiger partial charge in [0.05, 0.1) is 25.3 Å². The highest BCUT2D eigenvalue weighted by atomic mass is 32.2. The van der Waals surface area contributed by atoms with Gasteiger partial charge >= 0.3 is 12.1 Å². The number of amides is 3. The van der Waals surface area contributed by atoms with Crippen molar-refractivity contribution in [2.45, 2.75) is 96.0 Å². The van der Waals surface area contributed by atoms with Crippen molar-refractivity contribution in [1.82, 2.24) is 19.4 Å². The Labute approximate surface area is 231 Å². The Balaban J connectivity index is 1.85. The fourth-order valence-corrected chi connectivity index (χ4v) is 7.16. The number of methoxy groups -OCH3 is 1. The Morgan fingerprint density at radius 1 is 1.05 bits per heavy atom. The molecule has 0 aromatic heterocycles. The predicted molar refractivity (Wildman–Crippen MR) is 143 cm³/mol. The van der Waals surface area contributed by atoms with Crippen LogP contribution < -0.4 is 5.32 Å². The third-order valence-electron chi connectivity index (χ3n) is 8.12. The number of sulfonamides is 1. The highest BCUT2D eigenvalue weighted by Gasteiger charge is 2.56. The Morgan fingerprint density at radius 3 is 2.21 bits per heavy atom. The van der Waals surface area contributed by atoms with Crippen LogP contribution in [-0.4, -0.2) is 110 Å². The van der Waals surface area contributed by atoms with Crippen LogP contribution in [0.25, 0.3) is 0 Å². The summed E-state index contributed by atoms with van der Waals surface area (Å²) in [5.41, 5.74) is -0.730. The fourth-order valence-electron chi connectivity index (χ4n) is 6.01. The Hall–Kier alpha value is -2.41. The molecule has 12 nitrogen and oxygen atoms in total. The van der Waals surface area contributed by atoms with Gasteiger partial charge in [0.1, 0.15) is 17.7 Å². The first-order valence-electron chi connectivity index (χ1n) is 13.7. The molecule has 222 valence electrons. The number of fused-ring (bicyclic) bond motifs is 1. The first-order chi connectivity index (χ1) is 18.1. The average molecular weight is 573 g/mol. The second-order valence-corrected chi connectivity index (χ2v) is 13.9. The second kappa shape index (κ2) is 12.0. The number of hydrogen-bond acceptors (Lipinski definition) is 8. The van der Waals surface area contributed by atoms with Gasteiger partial charge in [-0.25, -0.2) is 13.2 Å². The predicted octanol–water partition coefficient (Wildman–Crippen LogP) is 1.34. The van der Waals surface area contributed by atoms with Crippen molar-refractivity contribution in [3.05, 3.63) is 0 Å². The molecule has 5 atom stereocenters. The number of carbonyl (C=O) groups is 4. The average Bonchev–Trinajstić information content (AvgIpc) is 3.45. The molecule has 2 heterocycles. The number of rotatable bonds is 7. The van der Waals surface area contributed by atoms with E-state index < -0.39 is 63.7 Å². The van der Waals surface area contributed by atoms with Gasteiger partial charge in [0.25, 0.3) is 0 Å². The smallest absolute Gasteiger partial charge is 0.410 e. The van der Waals surface area contributed by atoms with Crippen LogP contribution in [0.1, 0.15) is 66.2 Å². The lowest BCUT2D eigenvalue weighted by Gasteiger charge is -2.37. The molecule has 1 saturated carbocycles. The summed E-state index contributed by atoms with van der Waals surface area (Å²) >= 11 is 0. The largest absolute Gasteiger partial charge is 0.469 e. The molecule has 3 fully saturated rings. The van der Waals surface area contributed by atoms with Gasteiger partial charge in [-0.05, 0) is 52.9 Å². The summed E-state index contributed by atoms with van der Waals surface area (Å²) in [5.74, 6) is -2.32. The van der Waals surface area contributed by atoms with Crippen LogP contribution in [0.4, 0.5) is 4.79 Å². The zero-order chi connectivity index (χ0) is 29.3. The van der Waals surface area contributed by atoms with Crippen LogP contribution in [0, 0.1) is 11.8 Å². The molecule has 1 N–H and O–H groups in total. The zero-order valence-electron chi connectivity index (χ0n) is 24.1. The van der Waals surface area contributed by atoms with E-state index in [4.69, 9.17) is 9.47 Å². The molecule has 0 spiro atoms. The maximum atomic E-state index is 14.1. The van der Waals surface area contributed by atoms with Crippen molar-refractivity contribution >= 4 is 33.9 Å². The summed E-state index contributed by atoms with van der Waals surface area (Å²) in [7, 11) is -0.896. The van der Waals surface area contributed by atoms with Gasteiger partial charge in [0, 0.05) is 26.2 Å². The molecule has 0 unspecified atom stereocenters. The summed E-state index contributed by atoms with van der Waals surface area (Å²) < 4.78 is 36.6. The van der Waals surface area contributed by atoms with E-state index in [1.54, 1.807) is 32.6 Å². The third kappa shape index (κ3) is 7.03. The van der Waals surface area contributed by atoms with E-state index in [-0.39, 0.29) is 24.9 Å². The quantitative estimate of drug-likeness (QED) is 0.451. The summed E-state index contributed by atoms with van der Waals surface area (Å²) in [6.07, 6.45) is 5.25. The Bertz CT molecular complexity index is 1050. The number of likely N-dealkylation sites (tertiary alicyclic amines) is 1. The van der Waals surface area contributed by atoms with E-state index in [1.165, 1.54) is 23.4 Å². The fraction of sp³-hybridized carbons (Fsp3) is 0.846. The summed E-state index contributed by atoms with van der Waals surface area (Å²) in [6, 6.07) is -2.98. The zero-order valence-corrected chi connectivity index (χ0v) is 25.0. The maximum Gasteiger partial charge on any atom is 0.410 e. The van der Waals surface area contributed by atoms with Crippen molar-refractivity contribution in [3.63, 3.8) is 0 Å². The third-order valence-corrected chi connectivity index (χ3v) is 9.39. The summed E-state index contributed by atoms with van der Waals surface area (Å²) in [4.78, 5) is 55.5. The normalized spacial score (nSPS) is 25.9. The molecule has 39 heavy (non-hydrogen) atoms. The monoisotopic (exact) mass is 572 g/mol. The molecule has 0 radical (unpaired) electrons. The van der Waals surface area contributed by atoms with Crippen LogP contribution in [0.3, 0.4) is 0 Å². The number of likely N-dealkylation sites (N-methyl/N-ethyl adjacent to an activating group) is 1. The lowest BCUT2D eigenvalue weighted by molar-refractivity contribution is -0.149. The van der Waals surface area contributed by atoms with Crippen molar-refractivity contribution in [2.24, 2.45) is 11.8 Å². The number of ether oxygens (including phenoxy) is 2. The molecule has 0 aromatic rings. The van der Waals surface area contributed by atoms with Gasteiger partial charge in [-0.2, -0.15) is 4.31 Å². The van der Waals surface area contributed by atoms with E-state index in [0.29, 0.717) is 6.42 Å². The highest BCUT2D eigenvalue weighted by Crippen LogP contribution is 2.39.